The van der Waals surface area contributed by atoms with E-state index in [9.17, 15) is 19.7 Å². The molecule has 3 rings (SSSR count). The van der Waals surface area contributed by atoms with E-state index in [-0.39, 0.29) is 35.4 Å². The van der Waals surface area contributed by atoms with Crippen LogP contribution in [0.4, 0.5) is 16.2 Å². The standard InChI is InChI=1S/C22H33N5O5/c1-15(21(28)25-19-9-8-18(32-2)14-20(19)27(30)31)26-12-10-17(11-13-26)24-22(29)23-16-6-4-3-5-7-16/h8-9,14-17H,3-7,10-13H2,1-2H3,(H,25,28)(H2,23,24,29). The van der Waals surface area contributed by atoms with Gasteiger partial charge in [-0.15, -0.1) is 0 Å². The third-order valence-electron chi connectivity index (χ3n) is 6.39. The summed E-state index contributed by atoms with van der Waals surface area (Å²) in [6, 6.07) is 4.13. The Morgan fingerprint density at radius 2 is 1.72 bits per heavy atom. The Labute approximate surface area is 188 Å². The maximum Gasteiger partial charge on any atom is 0.315 e. The first kappa shape index (κ1) is 23.8. The lowest BCUT2D eigenvalue weighted by Gasteiger charge is -2.35. The van der Waals surface area contributed by atoms with Crippen LogP contribution in [-0.4, -0.2) is 60.1 Å². The first-order valence-electron chi connectivity index (χ1n) is 11.3. The van der Waals surface area contributed by atoms with Gasteiger partial charge in [-0.25, -0.2) is 4.79 Å². The minimum absolute atomic E-state index is 0.0766. The van der Waals surface area contributed by atoms with Gasteiger partial charge in [0.05, 0.1) is 24.1 Å². The van der Waals surface area contributed by atoms with E-state index in [2.05, 4.69) is 16.0 Å². The Morgan fingerprint density at radius 1 is 1.09 bits per heavy atom. The van der Waals surface area contributed by atoms with E-state index in [0.29, 0.717) is 18.8 Å². The lowest BCUT2D eigenvalue weighted by Crippen LogP contribution is -2.53. The first-order valence-corrected chi connectivity index (χ1v) is 11.3. The second-order valence-corrected chi connectivity index (χ2v) is 8.57. The number of nitrogens with one attached hydrogen (secondary N) is 3. The summed E-state index contributed by atoms with van der Waals surface area (Å²) in [6.07, 6.45) is 7.17. The third-order valence-corrected chi connectivity index (χ3v) is 6.39. The van der Waals surface area contributed by atoms with Gasteiger partial charge in [0, 0.05) is 25.2 Å². The van der Waals surface area contributed by atoms with Crippen LogP contribution < -0.4 is 20.7 Å². The normalized spacial score (nSPS) is 19.1. The number of anilines is 1. The van der Waals surface area contributed by atoms with Crippen molar-refractivity contribution in [3.8, 4) is 5.75 Å². The number of benzene rings is 1. The number of likely N-dealkylation sites (tertiary alicyclic amines) is 1. The molecule has 2 fully saturated rings. The van der Waals surface area contributed by atoms with Crippen LogP contribution in [0.25, 0.3) is 0 Å². The SMILES string of the molecule is COc1ccc(NC(=O)C(C)N2CCC(NC(=O)NC3CCCCC3)CC2)c([N+](=O)[O-])c1. The van der Waals surface area contributed by atoms with Crippen molar-refractivity contribution >= 4 is 23.3 Å². The molecule has 1 aliphatic heterocycles. The van der Waals surface area contributed by atoms with Gasteiger partial charge in [-0.05, 0) is 44.7 Å². The highest BCUT2D eigenvalue weighted by atomic mass is 16.6. The summed E-state index contributed by atoms with van der Waals surface area (Å²) < 4.78 is 5.03. The van der Waals surface area contributed by atoms with Gasteiger partial charge in [-0.1, -0.05) is 19.3 Å². The van der Waals surface area contributed by atoms with E-state index in [1.54, 1.807) is 13.0 Å². The van der Waals surface area contributed by atoms with Crippen LogP contribution in [0, 0.1) is 10.1 Å². The van der Waals surface area contributed by atoms with Gasteiger partial charge in [-0.2, -0.15) is 0 Å². The fraction of sp³-hybridized carbons (Fsp3) is 0.636. The number of nitrogens with zero attached hydrogens (tertiary/aromatic N) is 2. The molecular formula is C22H33N5O5. The number of piperidine rings is 1. The molecule has 3 amide bonds. The largest absolute Gasteiger partial charge is 0.496 e. The molecule has 1 unspecified atom stereocenters. The van der Waals surface area contributed by atoms with Crippen LogP contribution in [0.15, 0.2) is 18.2 Å². The zero-order valence-electron chi connectivity index (χ0n) is 18.8. The Bertz CT molecular complexity index is 819. The Balaban J connectivity index is 1.47. The van der Waals surface area contributed by atoms with Crippen LogP contribution in [0.3, 0.4) is 0 Å². The summed E-state index contributed by atoms with van der Waals surface area (Å²) >= 11 is 0. The lowest BCUT2D eigenvalue weighted by atomic mass is 9.96. The maximum absolute atomic E-state index is 12.7. The number of hydrogen-bond acceptors (Lipinski definition) is 6. The van der Waals surface area contributed by atoms with Crippen LogP contribution in [-0.2, 0) is 4.79 Å². The zero-order valence-corrected chi connectivity index (χ0v) is 18.8. The van der Waals surface area contributed by atoms with Gasteiger partial charge in [0.1, 0.15) is 11.4 Å². The molecule has 0 aromatic heterocycles. The van der Waals surface area contributed by atoms with Crippen molar-refractivity contribution in [1.29, 1.82) is 0 Å². The Morgan fingerprint density at radius 3 is 2.31 bits per heavy atom. The number of urea groups is 1. The summed E-state index contributed by atoms with van der Waals surface area (Å²) in [5.74, 6) is 0.0459. The molecule has 32 heavy (non-hydrogen) atoms. The molecule has 10 heteroatoms. The minimum atomic E-state index is -0.543. The first-order chi connectivity index (χ1) is 15.4. The van der Waals surface area contributed by atoms with Crippen molar-refractivity contribution in [2.24, 2.45) is 0 Å². The number of nitro benzene ring substituents is 1. The number of nitro groups is 1. The summed E-state index contributed by atoms with van der Waals surface area (Å²) in [5, 5.41) is 20.2. The topological polar surface area (TPSA) is 126 Å². The van der Waals surface area contributed by atoms with Gasteiger partial charge in [0.25, 0.3) is 5.69 Å². The fourth-order valence-corrected chi connectivity index (χ4v) is 4.39. The predicted molar refractivity (Wildman–Crippen MR) is 121 cm³/mol. The molecule has 2 aliphatic rings. The number of ether oxygens (including phenoxy) is 1. The monoisotopic (exact) mass is 447 g/mol. The van der Waals surface area contributed by atoms with Crippen molar-refractivity contribution in [3.63, 3.8) is 0 Å². The highest BCUT2D eigenvalue weighted by molar-refractivity contribution is 5.96. The van der Waals surface area contributed by atoms with E-state index < -0.39 is 11.0 Å². The van der Waals surface area contributed by atoms with Gasteiger partial charge < -0.3 is 20.7 Å². The van der Waals surface area contributed by atoms with Crippen molar-refractivity contribution in [2.75, 3.05) is 25.5 Å². The summed E-state index contributed by atoms with van der Waals surface area (Å²) in [4.78, 5) is 37.8. The lowest BCUT2D eigenvalue weighted by molar-refractivity contribution is -0.384. The van der Waals surface area contributed by atoms with Gasteiger partial charge >= 0.3 is 6.03 Å². The Kier molecular flexibility index (Phi) is 8.26. The molecule has 1 aromatic rings. The number of methoxy groups -OCH3 is 1. The molecule has 176 valence electrons. The second kappa shape index (κ2) is 11.1. The number of hydrogen-bond donors (Lipinski definition) is 3. The zero-order chi connectivity index (χ0) is 23.1. The average Bonchev–Trinajstić information content (AvgIpc) is 2.79. The molecule has 1 aliphatic carbocycles. The molecule has 1 aromatic carbocycles. The number of amides is 3. The van der Waals surface area contributed by atoms with Crippen LogP contribution >= 0.6 is 0 Å². The number of carbonyl (C=O) groups is 2. The van der Waals surface area contributed by atoms with E-state index in [4.69, 9.17) is 4.74 Å². The van der Waals surface area contributed by atoms with Crippen molar-refractivity contribution < 1.29 is 19.2 Å². The Hall–Kier alpha value is -2.88. The molecule has 0 bridgehead atoms. The molecule has 10 nitrogen and oxygen atoms in total. The van der Waals surface area contributed by atoms with E-state index in [1.807, 2.05) is 4.90 Å². The van der Waals surface area contributed by atoms with Gasteiger partial charge in [0.15, 0.2) is 0 Å². The van der Waals surface area contributed by atoms with Crippen molar-refractivity contribution in [3.05, 3.63) is 28.3 Å². The smallest absolute Gasteiger partial charge is 0.315 e. The van der Waals surface area contributed by atoms with Crippen molar-refractivity contribution in [1.82, 2.24) is 15.5 Å². The quantitative estimate of drug-likeness (QED) is 0.436. The molecule has 1 heterocycles. The number of rotatable bonds is 7. The van der Waals surface area contributed by atoms with Crippen LogP contribution in [0.5, 0.6) is 5.75 Å². The van der Waals surface area contributed by atoms with E-state index >= 15 is 0 Å². The molecule has 3 N–H and O–H groups in total. The van der Waals surface area contributed by atoms with E-state index in [1.165, 1.54) is 38.5 Å². The minimum Gasteiger partial charge on any atom is -0.496 e. The molecule has 1 atom stereocenters. The highest BCUT2D eigenvalue weighted by Gasteiger charge is 2.29. The average molecular weight is 448 g/mol. The van der Waals surface area contributed by atoms with Crippen LogP contribution in [0.1, 0.15) is 51.9 Å². The molecular weight excluding hydrogens is 414 g/mol. The summed E-state index contributed by atoms with van der Waals surface area (Å²) in [5.41, 5.74) is -0.0691. The molecule has 1 saturated heterocycles. The maximum atomic E-state index is 12.7. The highest BCUT2D eigenvalue weighted by Crippen LogP contribution is 2.29. The van der Waals surface area contributed by atoms with Gasteiger partial charge in [-0.3, -0.25) is 19.8 Å². The van der Waals surface area contributed by atoms with Gasteiger partial charge in [0.2, 0.25) is 5.91 Å². The van der Waals surface area contributed by atoms with Crippen LogP contribution in [0.2, 0.25) is 0 Å². The van der Waals surface area contributed by atoms with Crippen molar-refractivity contribution in [2.45, 2.75) is 70.0 Å². The summed E-state index contributed by atoms with van der Waals surface area (Å²) in [7, 11) is 1.43. The third kappa shape index (κ3) is 6.32. The number of carbonyl (C=O) groups excluding carboxylic acids is 2. The molecule has 0 spiro atoms. The molecule has 0 radical (unpaired) electrons. The predicted octanol–water partition coefficient (Wildman–Crippen LogP) is 3.03. The molecule has 1 saturated carbocycles. The van der Waals surface area contributed by atoms with E-state index in [0.717, 1.165) is 25.7 Å². The summed E-state index contributed by atoms with van der Waals surface area (Å²) in [6.45, 7) is 3.11. The second-order valence-electron chi connectivity index (χ2n) is 8.57. The fourth-order valence-electron chi connectivity index (χ4n) is 4.39.